The first-order valence-corrected chi connectivity index (χ1v) is 10.3. The second-order valence-electron chi connectivity index (χ2n) is 7.83. The zero-order chi connectivity index (χ0) is 20.4. The van der Waals surface area contributed by atoms with Crippen molar-refractivity contribution < 1.29 is 4.79 Å². The minimum absolute atomic E-state index is 0.0569. The Morgan fingerprint density at radius 3 is 2.69 bits per heavy atom. The summed E-state index contributed by atoms with van der Waals surface area (Å²) in [6.45, 7) is 2.01. The summed E-state index contributed by atoms with van der Waals surface area (Å²) in [6.07, 6.45) is 1.59. The van der Waals surface area contributed by atoms with E-state index in [4.69, 9.17) is 16.6 Å². The molecule has 152 valence electrons. The Morgan fingerprint density at radius 2 is 1.97 bits per heavy atom. The van der Waals surface area contributed by atoms with Crippen molar-refractivity contribution in [2.45, 2.75) is 24.9 Å². The molecule has 6 nitrogen and oxygen atoms in total. The molecule has 2 heterocycles. The number of urea groups is 1. The molecule has 2 aromatic carbocycles. The van der Waals surface area contributed by atoms with Gasteiger partial charge in [0.05, 0.1) is 16.9 Å². The molecule has 0 radical (unpaired) electrons. The SMILES string of the molecule is CN(C)C(=O)N1CCC2(CC1)Nc1ccccc1N=C2NCc1cccc(Cl)c1. The molecule has 0 aliphatic carbocycles. The van der Waals surface area contributed by atoms with Gasteiger partial charge in [0.2, 0.25) is 0 Å². The number of hydrogen-bond donors (Lipinski definition) is 2. The van der Waals surface area contributed by atoms with Gasteiger partial charge in [-0.15, -0.1) is 0 Å². The highest BCUT2D eigenvalue weighted by atomic mass is 35.5. The van der Waals surface area contributed by atoms with E-state index in [9.17, 15) is 4.79 Å². The maximum absolute atomic E-state index is 12.4. The Morgan fingerprint density at radius 1 is 1.21 bits per heavy atom. The summed E-state index contributed by atoms with van der Waals surface area (Å²) in [5, 5.41) is 8.00. The van der Waals surface area contributed by atoms with Crippen LogP contribution < -0.4 is 10.6 Å². The topological polar surface area (TPSA) is 60.0 Å². The summed E-state index contributed by atoms with van der Waals surface area (Å²) < 4.78 is 0. The number of carbonyl (C=O) groups is 1. The average molecular weight is 412 g/mol. The van der Waals surface area contributed by atoms with Gasteiger partial charge in [-0.25, -0.2) is 9.79 Å². The number of amides is 2. The molecule has 0 aromatic heterocycles. The summed E-state index contributed by atoms with van der Waals surface area (Å²) in [4.78, 5) is 20.9. The predicted octanol–water partition coefficient (Wildman–Crippen LogP) is 4.10. The minimum atomic E-state index is -0.310. The molecule has 2 amide bonds. The number of likely N-dealkylation sites (tertiary alicyclic amines) is 1. The smallest absolute Gasteiger partial charge is 0.319 e. The van der Waals surface area contributed by atoms with Crippen LogP contribution in [0.25, 0.3) is 0 Å². The number of halogens is 1. The van der Waals surface area contributed by atoms with Crippen LogP contribution >= 0.6 is 11.6 Å². The zero-order valence-corrected chi connectivity index (χ0v) is 17.5. The summed E-state index contributed by atoms with van der Waals surface area (Å²) in [6, 6.07) is 16.0. The molecule has 0 bridgehead atoms. The van der Waals surface area contributed by atoms with Crippen LogP contribution in [0.5, 0.6) is 0 Å². The highest BCUT2D eigenvalue weighted by Crippen LogP contribution is 2.38. The maximum atomic E-state index is 12.4. The minimum Gasteiger partial charge on any atom is -0.371 e. The van der Waals surface area contributed by atoms with Gasteiger partial charge in [0.15, 0.2) is 0 Å². The fourth-order valence-electron chi connectivity index (χ4n) is 3.99. The average Bonchev–Trinajstić information content (AvgIpc) is 2.72. The first-order chi connectivity index (χ1) is 14.0. The molecule has 2 aromatic rings. The lowest BCUT2D eigenvalue weighted by Crippen LogP contribution is -2.60. The van der Waals surface area contributed by atoms with E-state index in [1.54, 1.807) is 19.0 Å². The number of fused-ring (bicyclic) bond motifs is 1. The van der Waals surface area contributed by atoms with Gasteiger partial charge in [-0.1, -0.05) is 35.9 Å². The number of rotatable bonds is 2. The fourth-order valence-corrected chi connectivity index (χ4v) is 4.20. The third-order valence-corrected chi connectivity index (χ3v) is 5.82. The largest absolute Gasteiger partial charge is 0.371 e. The number of hydrogen-bond acceptors (Lipinski definition) is 4. The van der Waals surface area contributed by atoms with Crippen LogP contribution in [-0.4, -0.2) is 54.4 Å². The van der Waals surface area contributed by atoms with Crippen LogP contribution in [0.15, 0.2) is 53.5 Å². The van der Waals surface area contributed by atoms with Crippen molar-refractivity contribution in [3.05, 3.63) is 59.1 Å². The molecule has 2 aliphatic rings. The lowest BCUT2D eigenvalue weighted by Gasteiger charge is -2.46. The molecule has 2 aliphatic heterocycles. The van der Waals surface area contributed by atoms with Crippen molar-refractivity contribution in [1.29, 1.82) is 0 Å². The Bertz CT molecular complexity index is 934. The van der Waals surface area contributed by atoms with Crippen molar-refractivity contribution in [2.24, 2.45) is 4.99 Å². The van der Waals surface area contributed by atoms with E-state index in [0.717, 1.165) is 40.6 Å². The molecule has 1 saturated heterocycles. The molecule has 1 fully saturated rings. The number of para-hydroxylation sites is 2. The molecule has 0 saturated carbocycles. The van der Waals surface area contributed by atoms with E-state index in [1.807, 2.05) is 41.3 Å². The van der Waals surface area contributed by atoms with E-state index in [0.29, 0.717) is 19.6 Å². The molecule has 0 atom stereocenters. The van der Waals surface area contributed by atoms with Crippen LogP contribution in [0, 0.1) is 0 Å². The quantitative estimate of drug-likeness (QED) is 0.782. The lowest BCUT2D eigenvalue weighted by atomic mass is 9.84. The lowest BCUT2D eigenvalue weighted by molar-refractivity contribution is 0.152. The van der Waals surface area contributed by atoms with Crippen LogP contribution in [0.4, 0.5) is 16.2 Å². The van der Waals surface area contributed by atoms with Gasteiger partial charge >= 0.3 is 6.03 Å². The summed E-state index contributed by atoms with van der Waals surface area (Å²) in [7, 11) is 3.59. The number of piperidine rings is 1. The second kappa shape index (κ2) is 7.95. The number of aliphatic imine (C=N–C) groups is 1. The van der Waals surface area contributed by atoms with E-state index >= 15 is 0 Å². The first kappa shape index (κ1) is 19.6. The zero-order valence-electron chi connectivity index (χ0n) is 16.8. The number of nitrogens with one attached hydrogen (secondary N) is 2. The highest BCUT2D eigenvalue weighted by Gasteiger charge is 2.43. The van der Waals surface area contributed by atoms with Crippen molar-refractivity contribution in [2.75, 3.05) is 32.5 Å². The Hall–Kier alpha value is -2.73. The summed E-state index contributed by atoms with van der Waals surface area (Å²) >= 11 is 6.13. The van der Waals surface area contributed by atoms with Crippen LogP contribution in [0.2, 0.25) is 5.02 Å². The number of nitrogens with zero attached hydrogens (tertiary/aromatic N) is 3. The van der Waals surface area contributed by atoms with Gasteiger partial charge in [0.25, 0.3) is 0 Å². The van der Waals surface area contributed by atoms with Crippen LogP contribution in [-0.2, 0) is 6.54 Å². The number of carbonyl (C=O) groups excluding carboxylic acids is 1. The van der Waals surface area contributed by atoms with Crippen molar-refractivity contribution in [3.8, 4) is 0 Å². The van der Waals surface area contributed by atoms with Gasteiger partial charge < -0.3 is 20.4 Å². The fraction of sp³-hybridized carbons (Fsp3) is 0.364. The maximum Gasteiger partial charge on any atom is 0.319 e. The van der Waals surface area contributed by atoms with Crippen molar-refractivity contribution in [1.82, 2.24) is 15.1 Å². The molecule has 4 rings (SSSR count). The summed E-state index contributed by atoms with van der Waals surface area (Å²) in [5.74, 6) is 0.924. The molecule has 1 spiro atoms. The molecule has 2 N–H and O–H groups in total. The molecule has 0 unspecified atom stereocenters. The van der Waals surface area contributed by atoms with Crippen LogP contribution in [0.1, 0.15) is 18.4 Å². The predicted molar refractivity (Wildman–Crippen MR) is 118 cm³/mol. The molecule has 29 heavy (non-hydrogen) atoms. The number of amidine groups is 1. The molecular formula is C22H26ClN5O. The van der Waals surface area contributed by atoms with Gasteiger partial charge in [-0.3, -0.25) is 0 Å². The van der Waals surface area contributed by atoms with Crippen LogP contribution in [0.3, 0.4) is 0 Å². The van der Waals surface area contributed by atoms with Crippen molar-refractivity contribution in [3.63, 3.8) is 0 Å². The van der Waals surface area contributed by atoms with E-state index in [2.05, 4.69) is 22.8 Å². The van der Waals surface area contributed by atoms with Crippen molar-refractivity contribution >= 4 is 34.8 Å². The molecule has 7 heteroatoms. The Kier molecular flexibility index (Phi) is 5.37. The third kappa shape index (κ3) is 4.03. The normalized spacial score (nSPS) is 17.2. The highest BCUT2D eigenvalue weighted by molar-refractivity contribution is 6.30. The number of benzene rings is 2. The Balaban J connectivity index is 1.57. The van der Waals surface area contributed by atoms with E-state index in [1.165, 1.54) is 0 Å². The van der Waals surface area contributed by atoms with Gasteiger partial charge in [0, 0.05) is 38.8 Å². The molecular weight excluding hydrogens is 386 g/mol. The first-order valence-electron chi connectivity index (χ1n) is 9.88. The van der Waals surface area contributed by atoms with Gasteiger partial charge in [-0.05, 0) is 42.7 Å². The van der Waals surface area contributed by atoms with Gasteiger partial charge in [0.1, 0.15) is 5.84 Å². The standard InChI is InChI=1S/C22H26ClN5O/c1-27(2)21(29)28-12-10-22(11-13-28)20(24-15-16-6-5-7-17(23)14-16)25-18-8-3-4-9-19(18)26-22/h3-9,14,26H,10-13,15H2,1-2H3,(H,24,25). The van der Waals surface area contributed by atoms with Gasteiger partial charge in [-0.2, -0.15) is 0 Å². The monoisotopic (exact) mass is 411 g/mol. The third-order valence-electron chi connectivity index (χ3n) is 5.58. The van der Waals surface area contributed by atoms with E-state index in [-0.39, 0.29) is 11.6 Å². The summed E-state index contributed by atoms with van der Waals surface area (Å²) in [5.41, 5.74) is 2.76. The van der Waals surface area contributed by atoms with E-state index < -0.39 is 0 Å². The number of anilines is 1. The second-order valence-corrected chi connectivity index (χ2v) is 8.27. The Labute approximate surface area is 176 Å².